The van der Waals surface area contributed by atoms with E-state index in [0.717, 1.165) is 6.42 Å². The summed E-state index contributed by atoms with van der Waals surface area (Å²) in [6.07, 6.45) is 2.49. The zero-order valence-corrected chi connectivity index (χ0v) is 8.19. The van der Waals surface area contributed by atoms with Gasteiger partial charge >= 0.3 is 0 Å². The third kappa shape index (κ3) is 2.26. The molecule has 0 fully saturated rings. The standard InChI is InChI=1S/C8H9Cl2NO/c1-2-5-12-8-7(10)6(9)3-4-11-8/h3-4H,2,5H2,1H3. The lowest BCUT2D eigenvalue weighted by molar-refractivity contribution is 0.305. The van der Waals surface area contributed by atoms with E-state index in [-0.39, 0.29) is 0 Å². The van der Waals surface area contributed by atoms with Gasteiger partial charge in [0, 0.05) is 6.20 Å². The molecule has 0 aliphatic carbocycles. The Morgan fingerprint density at radius 3 is 2.92 bits per heavy atom. The maximum atomic E-state index is 5.81. The smallest absolute Gasteiger partial charge is 0.234 e. The summed E-state index contributed by atoms with van der Waals surface area (Å²) in [5, 5.41) is 0.852. The van der Waals surface area contributed by atoms with E-state index < -0.39 is 0 Å². The van der Waals surface area contributed by atoms with E-state index in [1.807, 2.05) is 6.92 Å². The number of hydrogen-bond donors (Lipinski definition) is 0. The molecule has 1 aromatic heterocycles. The van der Waals surface area contributed by atoms with Crippen LogP contribution in [0.2, 0.25) is 10.0 Å². The van der Waals surface area contributed by atoms with Crippen molar-refractivity contribution >= 4 is 23.2 Å². The molecule has 4 heteroatoms. The molecular weight excluding hydrogens is 197 g/mol. The lowest BCUT2D eigenvalue weighted by Crippen LogP contribution is -1.97. The van der Waals surface area contributed by atoms with Gasteiger partial charge in [0.05, 0.1) is 11.6 Å². The number of aromatic nitrogens is 1. The van der Waals surface area contributed by atoms with Gasteiger partial charge < -0.3 is 4.74 Å². The monoisotopic (exact) mass is 205 g/mol. The van der Waals surface area contributed by atoms with Crippen LogP contribution in [0.5, 0.6) is 5.88 Å². The van der Waals surface area contributed by atoms with Crippen molar-refractivity contribution < 1.29 is 4.74 Å². The van der Waals surface area contributed by atoms with Gasteiger partial charge in [0.2, 0.25) is 5.88 Å². The molecule has 66 valence electrons. The Morgan fingerprint density at radius 2 is 2.25 bits per heavy atom. The average Bonchev–Trinajstić information content (AvgIpc) is 2.08. The normalized spacial score (nSPS) is 9.92. The second kappa shape index (κ2) is 4.53. The first-order chi connectivity index (χ1) is 5.75. The molecule has 1 heterocycles. The zero-order valence-electron chi connectivity index (χ0n) is 6.68. The molecule has 0 aromatic carbocycles. The minimum Gasteiger partial charge on any atom is -0.477 e. The van der Waals surface area contributed by atoms with Crippen molar-refractivity contribution in [3.63, 3.8) is 0 Å². The first-order valence-electron chi connectivity index (χ1n) is 3.68. The van der Waals surface area contributed by atoms with E-state index >= 15 is 0 Å². The molecule has 1 rings (SSSR count). The number of ether oxygens (including phenoxy) is 1. The number of rotatable bonds is 3. The summed E-state index contributed by atoms with van der Waals surface area (Å²) in [6.45, 7) is 2.62. The molecule has 0 radical (unpaired) electrons. The van der Waals surface area contributed by atoms with Gasteiger partial charge in [-0.25, -0.2) is 4.98 Å². The largest absolute Gasteiger partial charge is 0.477 e. The van der Waals surface area contributed by atoms with Gasteiger partial charge in [-0.05, 0) is 12.5 Å². The van der Waals surface area contributed by atoms with Crippen LogP contribution in [0, 0.1) is 0 Å². The van der Waals surface area contributed by atoms with Crippen LogP contribution in [0.3, 0.4) is 0 Å². The summed E-state index contributed by atoms with van der Waals surface area (Å²) in [5.74, 6) is 0.408. The van der Waals surface area contributed by atoms with Crippen molar-refractivity contribution in [1.82, 2.24) is 4.98 Å². The number of halogens is 2. The lowest BCUT2D eigenvalue weighted by Gasteiger charge is -2.05. The fraction of sp³-hybridized carbons (Fsp3) is 0.375. The molecule has 0 unspecified atom stereocenters. The van der Waals surface area contributed by atoms with Crippen LogP contribution >= 0.6 is 23.2 Å². The summed E-state index contributed by atoms with van der Waals surface area (Å²) in [4.78, 5) is 3.94. The highest BCUT2D eigenvalue weighted by Gasteiger charge is 2.05. The summed E-state index contributed by atoms with van der Waals surface area (Å²) in [7, 11) is 0. The Labute approximate surface area is 81.5 Å². The highest BCUT2D eigenvalue weighted by atomic mass is 35.5. The summed E-state index contributed by atoms with van der Waals surface area (Å²) >= 11 is 11.6. The third-order valence-electron chi connectivity index (χ3n) is 1.25. The topological polar surface area (TPSA) is 22.1 Å². The quantitative estimate of drug-likeness (QED) is 0.757. The van der Waals surface area contributed by atoms with Crippen LogP contribution in [0.25, 0.3) is 0 Å². The zero-order chi connectivity index (χ0) is 8.97. The van der Waals surface area contributed by atoms with Crippen LogP contribution in [-0.4, -0.2) is 11.6 Å². The van der Waals surface area contributed by atoms with E-state index in [2.05, 4.69) is 4.98 Å². The van der Waals surface area contributed by atoms with E-state index in [0.29, 0.717) is 22.5 Å². The van der Waals surface area contributed by atoms with E-state index in [1.54, 1.807) is 12.3 Å². The Kier molecular flexibility index (Phi) is 3.63. The summed E-state index contributed by atoms with van der Waals surface area (Å²) < 4.78 is 5.24. The molecule has 0 spiro atoms. The minimum absolute atomic E-state index is 0.382. The molecule has 0 amide bonds. The van der Waals surface area contributed by atoms with Gasteiger partial charge in [-0.15, -0.1) is 0 Å². The van der Waals surface area contributed by atoms with Crippen LogP contribution in [0.4, 0.5) is 0 Å². The number of nitrogens with zero attached hydrogens (tertiary/aromatic N) is 1. The predicted molar refractivity (Wildman–Crippen MR) is 50.0 cm³/mol. The molecule has 0 saturated carbocycles. The third-order valence-corrected chi connectivity index (χ3v) is 2.03. The van der Waals surface area contributed by atoms with Gasteiger partial charge in [0.15, 0.2) is 0 Å². The van der Waals surface area contributed by atoms with Gasteiger partial charge in [-0.1, -0.05) is 30.1 Å². The Bertz CT molecular complexity index is 265. The Hall–Kier alpha value is -0.470. The van der Waals surface area contributed by atoms with Crippen molar-refractivity contribution in [3.05, 3.63) is 22.3 Å². The molecular formula is C8H9Cl2NO. The minimum atomic E-state index is 0.382. The second-order valence-corrected chi connectivity index (χ2v) is 3.05. The van der Waals surface area contributed by atoms with Crippen molar-refractivity contribution in [2.24, 2.45) is 0 Å². The fourth-order valence-electron chi connectivity index (χ4n) is 0.702. The molecule has 0 atom stereocenters. The number of pyridine rings is 1. The first-order valence-corrected chi connectivity index (χ1v) is 4.44. The van der Waals surface area contributed by atoms with E-state index in [9.17, 15) is 0 Å². The van der Waals surface area contributed by atoms with Gasteiger partial charge in [-0.2, -0.15) is 0 Å². The molecule has 2 nitrogen and oxygen atoms in total. The Morgan fingerprint density at radius 1 is 1.50 bits per heavy atom. The highest BCUT2D eigenvalue weighted by Crippen LogP contribution is 2.28. The highest BCUT2D eigenvalue weighted by molar-refractivity contribution is 6.42. The van der Waals surface area contributed by atoms with Crippen molar-refractivity contribution in [2.75, 3.05) is 6.61 Å². The predicted octanol–water partition coefficient (Wildman–Crippen LogP) is 3.18. The molecule has 0 saturated heterocycles. The molecule has 0 bridgehead atoms. The molecule has 12 heavy (non-hydrogen) atoms. The van der Waals surface area contributed by atoms with Crippen LogP contribution in [0.15, 0.2) is 12.3 Å². The van der Waals surface area contributed by atoms with E-state index in [4.69, 9.17) is 27.9 Å². The van der Waals surface area contributed by atoms with Crippen molar-refractivity contribution in [2.45, 2.75) is 13.3 Å². The van der Waals surface area contributed by atoms with Gasteiger partial charge in [-0.3, -0.25) is 0 Å². The fourth-order valence-corrected chi connectivity index (χ4v) is 1.01. The first kappa shape index (κ1) is 9.62. The van der Waals surface area contributed by atoms with Gasteiger partial charge in [0.25, 0.3) is 0 Å². The molecule has 1 aromatic rings. The Balaban J connectivity index is 2.78. The second-order valence-electron chi connectivity index (χ2n) is 2.26. The van der Waals surface area contributed by atoms with Crippen LogP contribution in [-0.2, 0) is 0 Å². The SMILES string of the molecule is CCCOc1nccc(Cl)c1Cl. The van der Waals surface area contributed by atoms with Gasteiger partial charge in [0.1, 0.15) is 5.02 Å². The van der Waals surface area contributed by atoms with E-state index in [1.165, 1.54) is 0 Å². The van der Waals surface area contributed by atoms with Crippen LogP contribution < -0.4 is 4.74 Å². The van der Waals surface area contributed by atoms with Crippen LogP contribution in [0.1, 0.15) is 13.3 Å². The summed E-state index contributed by atoms with van der Waals surface area (Å²) in [6, 6.07) is 1.63. The molecule has 0 N–H and O–H groups in total. The van der Waals surface area contributed by atoms with Crippen molar-refractivity contribution in [3.8, 4) is 5.88 Å². The molecule has 0 aliphatic heterocycles. The average molecular weight is 206 g/mol. The summed E-state index contributed by atoms with van der Waals surface area (Å²) in [5.41, 5.74) is 0. The maximum Gasteiger partial charge on any atom is 0.234 e. The maximum absolute atomic E-state index is 5.81. The lowest BCUT2D eigenvalue weighted by atomic mass is 10.5. The van der Waals surface area contributed by atoms with Crippen molar-refractivity contribution in [1.29, 1.82) is 0 Å². The molecule has 0 aliphatic rings. The number of hydrogen-bond acceptors (Lipinski definition) is 2.